The number of hydrogen-bond donors (Lipinski definition) is 1. The van der Waals surface area contributed by atoms with Crippen LogP contribution in [0.3, 0.4) is 0 Å². The molecule has 106 valence electrons. The van der Waals surface area contributed by atoms with E-state index in [1.165, 1.54) is 32.1 Å². The molecule has 0 unspecified atom stereocenters. The van der Waals surface area contributed by atoms with E-state index in [0.29, 0.717) is 18.1 Å². The molecule has 2 fully saturated rings. The fourth-order valence-corrected chi connectivity index (χ4v) is 3.43. The third kappa shape index (κ3) is 3.30. The lowest BCUT2D eigenvalue weighted by Gasteiger charge is -2.32. The van der Waals surface area contributed by atoms with Gasteiger partial charge in [-0.2, -0.15) is 0 Å². The molecule has 0 amide bonds. The highest BCUT2D eigenvalue weighted by atomic mass is 16.5. The first-order valence-electron chi connectivity index (χ1n) is 7.62. The van der Waals surface area contributed by atoms with Gasteiger partial charge < -0.3 is 14.4 Å². The summed E-state index contributed by atoms with van der Waals surface area (Å²) < 4.78 is 11.4. The van der Waals surface area contributed by atoms with E-state index in [0.717, 1.165) is 31.4 Å². The Morgan fingerprint density at radius 2 is 1.68 bits per heavy atom. The van der Waals surface area contributed by atoms with Gasteiger partial charge in [0.2, 0.25) is 0 Å². The van der Waals surface area contributed by atoms with Gasteiger partial charge in [-0.15, -0.1) is 0 Å². The molecule has 0 spiro atoms. The van der Waals surface area contributed by atoms with E-state index in [9.17, 15) is 5.11 Å². The first kappa shape index (κ1) is 13.0. The maximum Gasteiger partial charge on any atom is 0.251 e. The second-order valence-corrected chi connectivity index (χ2v) is 5.96. The minimum absolute atomic E-state index is 0.00409. The summed E-state index contributed by atoms with van der Waals surface area (Å²) >= 11 is 0. The average Bonchev–Trinajstić information content (AvgIpc) is 2.87. The summed E-state index contributed by atoms with van der Waals surface area (Å²) in [7, 11) is 0. The summed E-state index contributed by atoms with van der Waals surface area (Å²) in [5.74, 6) is 1.23. The standard InChI is InChI=1S/C15H23NO3/c17-15-10-14(19-16-15)11-6-8-13(9-7-11)18-12-4-2-1-3-5-12/h10-13H,1-9H2,(H,16,17). The molecule has 1 aromatic heterocycles. The van der Waals surface area contributed by atoms with Crippen molar-refractivity contribution in [1.82, 2.24) is 5.16 Å². The molecule has 0 bridgehead atoms. The molecule has 19 heavy (non-hydrogen) atoms. The summed E-state index contributed by atoms with van der Waals surface area (Å²) in [5, 5.41) is 12.8. The Labute approximate surface area is 114 Å². The zero-order chi connectivity index (χ0) is 13.1. The van der Waals surface area contributed by atoms with E-state index in [1.807, 2.05) is 0 Å². The number of aromatic hydroxyl groups is 1. The molecular formula is C15H23NO3. The molecule has 0 aliphatic heterocycles. The van der Waals surface area contributed by atoms with Gasteiger partial charge in [-0.3, -0.25) is 0 Å². The van der Waals surface area contributed by atoms with E-state index in [2.05, 4.69) is 5.16 Å². The fraction of sp³-hybridized carbons (Fsp3) is 0.800. The highest BCUT2D eigenvalue weighted by Gasteiger charge is 2.27. The molecule has 1 N–H and O–H groups in total. The summed E-state index contributed by atoms with van der Waals surface area (Å²) in [6.07, 6.45) is 11.8. The summed E-state index contributed by atoms with van der Waals surface area (Å²) in [6, 6.07) is 1.65. The van der Waals surface area contributed by atoms with Crippen LogP contribution in [0.15, 0.2) is 10.6 Å². The fourth-order valence-electron chi connectivity index (χ4n) is 3.43. The van der Waals surface area contributed by atoms with Gasteiger partial charge >= 0.3 is 0 Å². The van der Waals surface area contributed by atoms with Crippen molar-refractivity contribution in [2.24, 2.45) is 0 Å². The highest BCUT2D eigenvalue weighted by Crippen LogP contribution is 2.36. The van der Waals surface area contributed by atoms with E-state index in [4.69, 9.17) is 9.26 Å². The van der Waals surface area contributed by atoms with Crippen LogP contribution < -0.4 is 0 Å². The van der Waals surface area contributed by atoms with Crippen molar-refractivity contribution < 1.29 is 14.4 Å². The Hall–Kier alpha value is -1.03. The average molecular weight is 265 g/mol. The van der Waals surface area contributed by atoms with Gasteiger partial charge in [-0.05, 0) is 43.7 Å². The van der Waals surface area contributed by atoms with Crippen LogP contribution in [0.2, 0.25) is 0 Å². The SMILES string of the molecule is Oc1cc(C2CCC(OC3CCCCC3)CC2)on1. The van der Waals surface area contributed by atoms with Crippen LogP contribution in [0.5, 0.6) is 5.88 Å². The molecule has 0 aromatic carbocycles. The van der Waals surface area contributed by atoms with E-state index >= 15 is 0 Å². The van der Waals surface area contributed by atoms with Crippen LogP contribution >= 0.6 is 0 Å². The van der Waals surface area contributed by atoms with Gasteiger partial charge in [-0.25, -0.2) is 0 Å². The Morgan fingerprint density at radius 3 is 2.32 bits per heavy atom. The quantitative estimate of drug-likeness (QED) is 0.904. The van der Waals surface area contributed by atoms with Crippen molar-refractivity contribution >= 4 is 0 Å². The molecule has 1 heterocycles. The number of rotatable bonds is 3. The van der Waals surface area contributed by atoms with Crippen LogP contribution in [0, 0.1) is 0 Å². The minimum atomic E-state index is -0.00409. The lowest BCUT2D eigenvalue weighted by atomic mass is 9.85. The molecule has 2 aliphatic carbocycles. The summed E-state index contributed by atoms with van der Waals surface area (Å²) in [6.45, 7) is 0. The number of ether oxygens (including phenoxy) is 1. The predicted molar refractivity (Wildman–Crippen MR) is 71.1 cm³/mol. The Balaban J connectivity index is 1.46. The van der Waals surface area contributed by atoms with Crippen LogP contribution in [0.4, 0.5) is 0 Å². The number of nitrogens with zero attached hydrogens (tertiary/aromatic N) is 1. The molecule has 3 rings (SSSR count). The second-order valence-electron chi connectivity index (χ2n) is 5.96. The Morgan fingerprint density at radius 1 is 1.00 bits per heavy atom. The van der Waals surface area contributed by atoms with Crippen LogP contribution in [0.1, 0.15) is 69.5 Å². The highest BCUT2D eigenvalue weighted by molar-refractivity contribution is 5.13. The van der Waals surface area contributed by atoms with Crippen molar-refractivity contribution in [3.05, 3.63) is 11.8 Å². The van der Waals surface area contributed by atoms with Crippen LogP contribution in [-0.4, -0.2) is 22.5 Å². The normalized spacial score (nSPS) is 29.5. The van der Waals surface area contributed by atoms with E-state index < -0.39 is 0 Å². The first-order chi connectivity index (χ1) is 9.31. The zero-order valence-corrected chi connectivity index (χ0v) is 11.4. The Bertz CT molecular complexity index is 390. The maximum atomic E-state index is 9.22. The lowest BCUT2D eigenvalue weighted by Crippen LogP contribution is -2.27. The predicted octanol–water partition coefficient (Wildman–Crippen LogP) is 3.76. The molecule has 1 aromatic rings. The second kappa shape index (κ2) is 5.95. The van der Waals surface area contributed by atoms with E-state index in [1.54, 1.807) is 6.07 Å². The van der Waals surface area contributed by atoms with Gasteiger partial charge in [0.15, 0.2) is 0 Å². The Kier molecular flexibility index (Phi) is 4.06. The topological polar surface area (TPSA) is 55.5 Å². The van der Waals surface area contributed by atoms with Crippen LogP contribution in [0.25, 0.3) is 0 Å². The monoisotopic (exact) mass is 265 g/mol. The number of hydrogen-bond acceptors (Lipinski definition) is 4. The van der Waals surface area contributed by atoms with Crippen molar-refractivity contribution in [3.63, 3.8) is 0 Å². The largest absolute Gasteiger partial charge is 0.491 e. The molecule has 4 heteroatoms. The number of aromatic nitrogens is 1. The molecule has 0 atom stereocenters. The van der Waals surface area contributed by atoms with Gasteiger partial charge in [-0.1, -0.05) is 19.3 Å². The van der Waals surface area contributed by atoms with E-state index in [-0.39, 0.29) is 5.88 Å². The molecular weight excluding hydrogens is 242 g/mol. The maximum absolute atomic E-state index is 9.22. The first-order valence-corrected chi connectivity index (χ1v) is 7.62. The molecule has 0 saturated heterocycles. The minimum Gasteiger partial charge on any atom is -0.491 e. The molecule has 2 aliphatic rings. The van der Waals surface area contributed by atoms with Crippen molar-refractivity contribution in [2.75, 3.05) is 0 Å². The smallest absolute Gasteiger partial charge is 0.251 e. The van der Waals surface area contributed by atoms with Gasteiger partial charge in [0, 0.05) is 12.0 Å². The van der Waals surface area contributed by atoms with Gasteiger partial charge in [0.1, 0.15) is 5.76 Å². The van der Waals surface area contributed by atoms with Crippen LogP contribution in [-0.2, 0) is 4.74 Å². The zero-order valence-electron chi connectivity index (χ0n) is 11.4. The molecule has 2 saturated carbocycles. The molecule has 0 radical (unpaired) electrons. The van der Waals surface area contributed by atoms with Gasteiger partial charge in [0.05, 0.1) is 12.2 Å². The van der Waals surface area contributed by atoms with Crippen molar-refractivity contribution in [2.45, 2.75) is 75.9 Å². The summed E-state index contributed by atoms with van der Waals surface area (Å²) in [5.41, 5.74) is 0. The third-order valence-electron chi connectivity index (χ3n) is 4.53. The van der Waals surface area contributed by atoms with Crippen molar-refractivity contribution in [3.8, 4) is 5.88 Å². The third-order valence-corrected chi connectivity index (χ3v) is 4.53. The van der Waals surface area contributed by atoms with Crippen molar-refractivity contribution in [1.29, 1.82) is 0 Å². The molecule has 4 nitrogen and oxygen atoms in total. The van der Waals surface area contributed by atoms with Gasteiger partial charge in [0.25, 0.3) is 5.88 Å². The lowest BCUT2D eigenvalue weighted by molar-refractivity contribution is -0.0479. The summed E-state index contributed by atoms with van der Waals surface area (Å²) in [4.78, 5) is 0.